The van der Waals surface area contributed by atoms with Crippen LogP contribution in [0.5, 0.6) is 0 Å². The van der Waals surface area contributed by atoms with Crippen LogP contribution in [0.25, 0.3) is 0 Å². The van der Waals surface area contributed by atoms with Crippen molar-refractivity contribution < 1.29 is 9.53 Å². The smallest absolute Gasteiger partial charge is 0.227 e. The van der Waals surface area contributed by atoms with Crippen molar-refractivity contribution >= 4 is 5.91 Å². The molecule has 0 spiro atoms. The van der Waals surface area contributed by atoms with Gasteiger partial charge < -0.3 is 15.8 Å². The SMILES string of the molecule is CCCC(CN)(CCC)C(=O)NCCOC. The van der Waals surface area contributed by atoms with E-state index in [2.05, 4.69) is 19.2 Å². The highest BCUT2D eigenvalue weighted by molar-refractivity contribution is 5.82. The molecule has 0 unspecified atom stereocenters. The molecule has 0 saturated heterocycles. The Labute approximate surface area is 98.9 Å². The van der Waals surface area contributed by atoms with Gasteiger partial charge in [0.05, 0.1) is 12.0 Å². The average Bonchev–Trinajstić information content (AvgIpc) is 2.28. The lowest BCUT2D eigenvalue weighted by atomic mass is 9.78. The van der Waals surface area contributed by atoms with Gasteiger partial charge in [0.2, 0.25) is 5.91 Å². The molecule has 0 saturated carbocycles. The lowest BCUT2D eigenvalue weighted by Crippen LogP contribution is -2.46. The van der Waals surface area contributed by atoms with E-state index in [1.165, 1.54) is 0 Å². The highest BCUT2D eigenvalue weighted by atomic mass is 16.5. The first kappa shape index (κ1) is 15.4. The van der Waals surface area contributed by atoms with E-state index in [9.17, 15) is 4.79 Å². The Balaban J connectivity index is 4.40. The first-order chi connectivity index (χ1) is 7.66. The summed E-state index contributed by atoms with van der Waals surface area (Å²) in [4.78, 5) is 12.1. The largest absolute Gasteiger partial charge is 0.383 e. The first-order valence-corrected chi connectivity index (χ1v) is 6.14. The van der Waals surface area contributed by atoms with E-state index in [-0.39, 0.29) is 11.3 Å². The Hall–Kier alpha value is -0.610. The van der Waals surface area contributed by atoms with Crippen LogP contribution in [0.15, 0.2) is 0 Å². The molecule has 0 aliphatic rings. The molecule has 0 radical (unpaired) electrons. The number of methoxy groups -OCH3 is 1. The number of carbonyl (C=O) groups is 1. The molecule has 4 heteroatoms. The molecular formula is C12H26N2O2. The maximum absolute atomic E-state index is 12.1. The molecule has 16 heavy (non-hydrogen) atoms. The summed E-state index contributed by atoms with van der Waals surface area (Å²) in [7, 11) is 1.63. The van der Waals surface area contributed by atoms with Gasteiger partial charge in [0, 0.05) is 20.2 Å². The Bertz CT molecular complexity index is 189. The van der Waals surface area contributed by atoms with Crippen molar-refractivity contribution in [3.8, 4) is 0 Å². The molecular weight excluding hydrogens is 204 g/mol. The van der Waals surface area contributed by atoms with E-state index < -0.39 is 0 Å². The van der Waals surface area contributed by atoms with Crippen molar-refractivity contribution in [1.29, 1.82) is 0 Å². The average molecular weight is 230 g/mol. The van der Waals surface area contributed by atoms with Crippen LogP contribution in [0, 0.1) is 5.41 Å². The molecule has 0 aromatic rings. The van der Waals surface area contributed by atoms with Gasteiger partial charge in [-0.1, -0.05) is 26.7 Å². The summed E-state index contributed by atoms with van der Waals surface area (Å²) in [5.41, 5.74) is 5.42. The monoisotopic (exact) mass is 230 g/mol. The van der Waals surface area contributed by atoms with Crippen LogP contribution < -0.4 is 11.1 Å². The molecule has 3 N–H and O–H groups in total. The Morgan fingerprint density at radius 1 is 1.31 bits per heavy atom. The fraction of sp³-hybridized carbons (Fsp3) is 0.917. The zero-order chi connectivity index (χ0) is 12.4. The summed E-state index contributed by atoms with van der Waals surface area (Å²) in [5, 5.41) is 2.90. The molecule has 0 aromatic carbocycles. The second-order valence-electron chi connectivity index (χ2n) is 4.23. The van der Waals surface area contributed by atoms with Gasteiger partial charge in [-0.3, -0.25) is 4.79 Å². The molecule has 0 heterocycles. The summed E-state index contributed by atoms with van der Waals surface area (Å²) >= 11 is 0. The third kappa shape index (κ3) is 4.49. The maximum Gasteiger partial charge on any atom is 0.227 e. The van der Waals surface area contributed by atoms with E-state index >= 15 is 0 Å². The van der Waals surface area contributed by atoms with E-state index in [1.807, 2.05) is 0 Å². The van der Waals surface area contributed by atoms with E-state index in [4.69, 9.17) is 10.5 Å². The molecule has 0 aliphatic carbocycles. The number of nitrogens with two attached hydrogens (primary N) is 1. The third-order valence-electron chi connectivity index (χ3n) is 2.92. The summed E-state index contributed by atoms with van der Waals surface area (Å²) in [5.74, 6) is 0.0794. The highest BCUT2D eigenvalue weighted by Gasteiger charge is 2.34. The molecule has 0 fully saturated rings. The van der Waals surface area contributed by atoms with E-state index in [1.54, 1.807) is 7.11 Å². The van der Waals surface area contributed by atoms with Crippen LogP contribution in [0.3, 0.4) is 0 Å². The van der Waals surface area contributed by atoms with Crippen LogP contribution in [-0.2, 0) is 9.53 Å². The van der Waals surface area contributed by atoms with Gasteiger partial charge in [0.1, 0.15) is 0 Å². The minimum absolute atomic E-state index is 0.0794. The molecule has 0 bridgehead atoms. The molecule has 1 amide bonds. The van der Waals surface area contributed by atoms with Crippen LogP contribution >= 0.6 is 0 Å². The lowest BCUT2D eigenvalue weighted by molar-refractivity contribution is -0.131. The van der Waals surface area contributed by atoms with Crippen LogP contribution in [-0.4, -0.2) is 32.7 Å². The zero-order valence-corrected chi connectivity index (χ0v) is 10.8. The van der Waals surface area contributed by atoms with Crippen molar-refractivity contribution in [3.63, 3.8) is 0 Å². The molecule has 0 aromatic heterocycles. The predicted octanol–water partition coefficient (Wildman–Crippen LogP) is 1.29. The fourth-order valence-electron chi connectivity index (χ4n) is 2.06. The Morgan fingerprint density at radius 3 is 2.25 bits per heavy atom. The van der Waals surface area contributed by atoms with E-state index in [0.29, 0.717) is 19.7 Å². The number of amides is 1. The first-order valence-electron chi connectivity index (χ1n) is 6.14. The van der Waals surface area contributed by atoms with Gasteiger partial charge in [-0.05, 0) is 12.8 Å². The molecule has 0 rings (SSSR count). The standard InChI is InChI=1S/C12H26N2O2/c1-4-6-12(10-13,7-5-2)11(15)14-8-9-16-3/h4-10,13H2,1-3H3,(H,14,15). The summed E-state index contributed by atoms with van der Waals surface area (Å²) in [6.45, 7) is 5.70. The van der Waals surface area contributed by atoms with Crippen molar-refractivity contribution in [2.75, 3.05) is 26.8 Å². The van der Waals surface area contributed by atoms with E-state index in [0.717, 1.165) is 25.7 Å². The fourth-order valence-corrected chi connectivity index (χ4v) is 2.06. The molecule has 96 valence electrons. The molecule has 4 nitrogen and oxygen atoms in total. The maximum atomic E-state index is 12.1. The quantitative estimate of drug-likeness (QED) is 0.587. The second-order valence-corrected chi connectivity index (χ2v) is 4.23. The van der Waals surface area contributed by atoms with Gasteiger partial charge in [-0.25, -0.2) is 0 Å². The Morgan fingerprint density at radius 2 is 1.88 bits per heavy atom. The summed E-state index contributed by atoms with van der Waals surface area (Å²) < 4.78 is 4.91. The minimum Gasteiger partial charge on any atom is -0.383 e. The van der Waals surface area contributed by atoms with Crippen LogP contribution in [0.1, 0.15) is 39.5 Å². The number of ether oxygens (including phenoxy) is 1. The van der Waals surface area contributed by atoms with Crippen LogP contribution in [0.2, 0.25) is 0 Å². The topological polar surface area (TPSA) is 64.4 Å². The van der Waals surface area contributed by atoms with Gasteiger partial charge >= 0.3 is 0 Å². The van der Waals surface area contributed by atoms with Gasteiger partial charge in [0.25, 0.3) is 0 Å². The second kappa shape index (κ2) is 8.53. The predicted molar refractivity (Wildman–Crippen MR) is 66.2 cm³/mol. The Kier molecular flexibility index (Phi) is 8.21. The number of nitrogens with one attached hydrogen (secondary N) is 1. The number of carbonyl (C=O) groups excluding carboxylic acids is 1. The highest BCUT2D eigenvalue weighted by Crippen LogP contribution is 2.28. The summed E-state index contributed by atoms with van der Waals surface area (Å²) in [6, 6.07) is 0. The lowest BCUT2D eigenvalue weighted by Gasteiger charge is -2.30. The van der Waals surface area contributed by atoms with Gasteiger partial charge in [0.15, 0.2) is 0 Å². The zero-order valence-electron chi connectivity index (χ0n) is 10.8. The number of rotatable bonds is 9. The minimum atomic E-state index is -0.378. The summed E-state index contributed by atoms with van der Waals surface area (Å²) in [6.07, 6.45) is 3.68. The molecule has 0 atom stereocenters. The van der Waals surface area contributed by atoms with Crippen molar-refractivity contribution in [1.82, 2.24) is 5.32 Å². The van der Waals surface area contributed by atoms with Gasteiger partial charge in [-0.2, -0.15) is 0 Å². The van der Waals surface area contributed by atoms with Crippen molar-refractivity contribution in [2.45, 2.75) is 39.5 Å². The molecule has 0 aliphatic heterocycles. The van der Waals surface area contributed by atoms with Crippen molar-refractivity contribution in [2.24, 2.45) is 11.1 Å². The van der Waals surface area contributed by atoms with Gasteiger partial charge in [-0.15, -0.1) is 0 Å². The third-order valence-corrected chi connectivity index (χ3v) is 2.92. The van der Waals surface area contributed by atoms with Crippen LogP contribution in [0.4, 0.5) is 0 Å². The number of hydrogen-bond donors (Lipinski definition) is 2. The number of hydrogen-bond acceptors (Lipinski definition) is 3. The normalized spacial score (nSPS) is 11.5. The van der Waals surface area contributed by atoms with Crippen molar-refractivity contribution in [3.05, 3.63) is 0 Å².